The van der Waals surface area contributed by atoms with Crippen molar-refractivity contribution in [2.45, 2.75) is 30.0 Å². The molecular formula is C18H17N7OS. The van der Waals surface area contributed by atoms with Crippen LogP contribution in [0.15, 0.2) is 34.7 Å². The van der Waals surface area contributed by atoms with Crippen molar-refractivity contribution >= 4 is 39.8 Å². The third kappa shape index (κ3) is 2.79. The minimum atomic E-state index is -0.297. The Labute approximate surface area is 159 Å². The zero-order valence-corrected chi connectivity index (χ0v) is 15.7. The molecule has 5 heterocycles. The molecule has 0 spiro atoms. The van der Waals surface area contributed by atoms with Gasteiger partial charge >= 0.3 is 0 Å². The van der Waals surface area contributed by atoms with Gasteiger partial charge in [-0.05, 0) is 37.2 Å². The number of nitrogens with one attached hydrogen (secondary N) is 1. The van der Waals surface area contributed by atoms with E-state index in [1.807, 2.05) is 13.0 Å². The van der Waals surface area contributed by atoms with Gasteiger partial charge in [-0.1, -0.05) is 0 Å². The summed E-state index contributed by atoms with van der Waals surface area (Å²) in [6.45, 7) is 5.28. The summed E-state index contributed by atoms with van der Waals surface area (Å²) in [7, 11) is 0. The Kier molecular flexibility index (Phi) is 3.73. The number of aliphatic hydroxyl groups is 1. The van der Waals surface area contributed by atoms with E-state index in [1.165, 1.54) is 11.8 Å². The number of aryl methyl sites for hydroxylation is 2. The molecular weight excluding hydrogens is 362 g/mol. The lowest BCUT2D eigenvalue weighted by atomic mass is 10.1. The van der Waals surface area contributed by atoms with E-state index >= 15 is 0 Å². The number of β-amino-alcohol motifs (C(OH)–C–C–N with tert-alkyl or cyclic N) is 1. The van der Waals surface area contributed by atoms with Gasteiger partial charge in [0.2, 0.25) is 0 Å². The number of H-pyrrole nitrogens is 1. The third-order valence-corrected chi connectivity index (χ3v) is 5.61. The molecule has 0 saturated carbocycles. The first-order valence-electron chi connectivity index (χ1n) is 8.63. The summed E-state index contributed by atoms with van der Waals surface area (Å²) in [5.74, 6) is 0.864. The largest absolute Gasteiger partial charge is 0.389 e. The molecule has 4 aromatic heterocycles. The van der Waals surface area contributed by atoms with E-state index in [0.717, 1.165) is 38.5 Å². The Morgan fingerprint density at radius 2 is 1.96 bits per heavy atom. The Morgan fingerprint density at radius 1 is 1.15 bits per heavy atom. The molecule has 8 nitrogen and oxygen atoms in total. The second-order valence-corrected chi connectivity index (χ2v) is 7.70. The fourth-order valence-corrected chi connectivity index (χ4v) is 3.98. The van der Waals surface area contributed by atoms with E-state index in [-0.39, 0.29) is 6.10 Å². The Bertz CT molecular complexity index is 1170. The van der Waals surface area contributed by atoms with Crippen LogP contribution < -0.4 is 4.90 Å². The van der Waals surface area contributed by atoms with E-state index in [0.29, 0.717) is 23.9 Å². The second-order valence-electron chi connectivity index (χ2n) is 6.66. The van der Waals surface area contributed by atoms with E-state index in [9.17, 15) is 5.11 Å². The maximum absolute atomic E-state index is 9.71. The van der Waals surface area contributed by atoms with Gasteiger partial charge in [-0.3, -0.25) is 4.98 Å². The van der Waals surface area contributed by atoms with Gasteiger partial charge in [0.05, 0.1) is 11.5 Å². The predicted molar refractivity (Wildman–Crippen MR) is 103 cm³/mol. The molecule has 0 bridgehead atoms. The highest BCUT2D eigenvalue weighted by Crippen LogP contribution is 2.35. The third-order valence-electron chi connectivity index (χ3n) is 4.78. The van der Waals surface area contributed by atoms with Gasteiger partial charge in [-0.25, -0.2) is 19.9 Å². The first-order valence-corrected chi connectivity index (χ1v) is 9.44. The number of hydrogen-bond acceptors (Lipinski definition) is 8. The van der Waals surface area contributed by atoms with Crippen molar-refractivity contribution in [2.75, 3.05) is 18.0 Å². The number of rotatable bonds is 3. The number of aromatic nitrogens is 6. The minimum Gasteiger partial charge on any atom is -0.389 e. The molecule has 1 fully saturated rings. The molecule has 27 heavy (non-hydrogen) atoms. The van der Waals surface area contributed by atoms with Gasteiger partial charge in [0.25, 0.3) is 0 Å². The molecule has 0 atom stereocenters. The highest BCUT2D eigenvalue weighted by Gasteiger charge is 2.29. The normalized spacial score (nSPS) is 14.9. The Morgan fingerprint density at radius 3 is 2.78 bits per heavy atom. The summed E-state index contributed by atoms with van der Waals surface area (Å²) < 4.78 is 0. The van der Waals surface area contributed by atoms with Crippen LogP contribution in [0.2, 0.25) is 0 Å². The molecule has 1 aliphatic heterocycles. The monoisotopic (exact) mass is 379 g/mol. The molecule has 136 valence electrons. The molecule has 0 radical (unpaired) electrons. The molecule has 0 amide bonds. The fraction of sp³-hybridized carbons (Fsp3) is 0.278. The predicted octanol–water partition coefficient (Wildman–Crippen LogP) is 2.25. The van der Waals surface area contributed by atoms with E-state index in [1.54, 1.807) is 18.6 Å². The highest BCUT2D eigenvalue weighted by molar-refractivity contribution is 7.99. The quantitative estimate of drug-likeness (QED) is 0.522. The van der Waals surface area contributed by atoms with Crippen LogP contribution in [0.5, 0.6) is 0 Å². The van der Waals surface area contributed by atoms with Crippen molar-refractivity contribution in [3.8, 4) is 0 Å². The van der Waals surface area contributed by atoms with Gasteiger partial charge in [0, 0.05) is 42.3 Å². The highest BCUT2D eigenvalue weighted by atomic mass is 32.2. The van der Waals surface area contributed by atoms with Crippen LogP contribution >= 0.6 is 11.8 Å². The van der Waals surface area contributed by atoms with Crippen LogP contribution in [0.1, 0.15) is 11.3 Å². The number of hydrogen-bond donors (Lipinski definition) is 2. The number of aromatic amines is 1. The number of aliphatic hydroxyl groups excluding tert-OH is 1. The van der Waals surface area contributed by atoms with Crippen molar-refractivity contribution < 1.29 is 5.11 Å². The molecule has 1 aliphatic rings. The molecule has 0 aromatic carbocycles. The summed E-state index contributed by atoms with van der Waals surface area (Å²) in [6, 6.07) is 1.94. The zero-order valence-electron chi connectivity index (χ0n) is 14.8. The lowest BCUT2D eigenvalue weighted by Crippen LogP contribution is -2.51. The molecule has 4 aromatic rings. The Balaban J connectivity index is 1.58. The standard InChI is InChI=1S/C18H17N7OS/c1-9-10(2)22-16-14(9)17(25-7-11(26)8-25)24-18(23-16)27-12-5-13-15(21-6-12)20-4-3-19-13/h3-6,11,26H,7-8H2,1-2H3,(H,22,23,24). The van der Waals surface area contributed by atoms with Crippen LogP contribution in [-0.2, 0) is 0 Å². The summed E-state index contributed by atoms with van der Waals surface area (Å²) in [5.41, 5.74) is 4.38. The van der Waals surface area contributed by atoms with Crippen molar-refractivity contribution in [3.63, 3.8) is 0 Å². The van der Waals surface area contributed by atoms with E-state index in [4.69, 9.17) is 9.97 Å². The average Bonchev–Trinajstić information content (AvgIpc) is 2.92. The van der Waals surface area contributed by atoms with Gasteiger partial charge in [0.1, 0.15) is 17.0 Å². The molecule has 1 saturated heterocycles. The maximum Gasteiger partial charge on any atom is 0.196 e. The van der Waals surface area contributed by atoms with Gasteiger partial charge < -0.3 is 15.0 Å². The maximum atomic E-state index is 9.71. The van der Waals surface area contributed by atoms with Crippen LogP contribution in [-0.4, -0.2) is 54.2 Å². The summed E-state index contributed by atoms with van der Waals surface area (Å²) in [5, 5.41) is 11.4. The lowest BCUT2D eigenvalue weighted by Gasteiger charge is -2.37. The minimum absolute atomic E-state index is 0.297. The fourth-order valence-electron chi connectivity index (χ4n) is 3.23. The molecule has 9 heteroatoms. The lowest BCUT2D eigenvalue weighted by molar-refractivity contribution is 0.141. The van der Waals surface area contributed by atoms with Crippen molar-refractivity contribution in [2.24, 2.45) is 0 Å². The van der Waals surface area contributed by atoms with E-state index < -0.39 is 0 Å². The number of pyridine rings is 1. The van der Waals surface area contributed by atoms with E-state index in [2.05, 4.69) is 31.8 Å². The molecule has 2 N–H and O–H groups in total. The van der Waals surface area contributed by atoms with Crippen LogP contribution in [0, 0.1) is 13.8 Å². The topological polar surface area (TPSA) is 104 Å². The number of anilines is 1. The zero-order chi connectivity index (χ0) is 18.5. The van der Waals surface area contributed by atoms with Gasteiger partial charge in [-0.2, -0.15) is 0 Å². The second kappa shape index (κ2) is 6.14. The summed E-state index contributed by atoms with van der Waals surface area (Å²) in [6.07, 6.45) is 4.74. The van der Waals surface area contributed by atoms with Crippen molar-refractivity contribution in [1.82, 2.24) is 29.9 Å². The van der Waals surface area contributed by atoms with Crippen molar-refractivity contribution in [1.29, 1.82) is 0 Å². The SMILES string of the molecule is Cc1[nH]c2nc(Sc3cnc4nccnc4c3)nc(N3CC(O)C3)c2c1C. The van der Waals surface area contributed by atoms with Gasteiger partial charge in [-0.15, -0.1) is 0 Å². The molecule has 0 unspecified atom stereocenters. The summed E-state index contributed by atoms with van der Waals surface area (Å²) >= 11 is 1.44. The molecule has 5 rings (SSSR count). The van der Waals surface area contributed by atoms with Gasteiger partial charge in [0.15, 0.2) is 10.8 Å². The average molecular weight is 379 g/mol. The molecule has 0 aliphatic carbocycles. The first-order chi connectivity index (χ1) is 13.1. The first kappa shape index (κ1) is 16.4. The smallest absolute Gasteiger partial charge is 0.196 e. The van der Waals surface area contributed by atoms with Crippen LogP contribution in [0.4, 0.5) is 5.82 Å². The summed E-state index contributed by atoms with van der Waals surface area (Å²) in [4.78, 5) is 28.7. The number of nitrogens with zero attached hydrogens (tertiary/aromatic N) is 6. The number of fused-ring (bicyclic) bond motifs is 2. The van der Waals surface area contributed by atoms with Crippen molar-refractivity contribution in [3.05, 3.63) is 35.9 Å². The van der Waals surface area contributed by atoms with Crippen LogP contribution in [0.25, 0.3) is 22.2 Å². The van der Waals surface area contributed by atoms with Crippen LogP contribution in [0.3, 0.4) is 0 Å². The Hall–Kier alpha value is -2.78.